The van der Waals surface area contributed by atoms with Gasteiger partial charge in [-0.2, -0.15) is 0 Å². The van der Waals surface area contributed by atoms with Crippen LogP contribution in [0.3, 0.4) is 0 Å². The number of methoxy groups -OCH3 is 2. The molecule has 28 heavy (non-hydrogen) atoms. The predicted octanol–water partition coefficient (Wildman–Crippen LogP) is 2.22. The van der Waals surface area contributed by atoms with Crippen LogP contribution < -0.4 is 26.1 Å². The third kappa shape index (κ3) is 4.81. The highest BCUT2D eigenvalue weighted by Crippen LogP contribution is 2.33. The Labute approximate surface area is 168 Å². The second-order valence-electron chi connectivity index (χ2n) is 5.42. The van der Waals surface area contributed by atoms with E-state index in [9.17, 15) is 9.59 Å². The van der Waals surface area contributed by atoms with E-state index < -0.39 is 0 Å². The topological polar surface area (TPSA) is 132 Å². The van der Waals surface area contributed by atoms with Gasteiger partial charge >= 0.3 is 0 Å². The summed E-state index contributed by atoms with van der Waals surface area (Å²) < 4.78 is 10.5. The van der Waals surface area contributed by atoms with Crippen LogP contribution in [0.1, 0.15) is 0 Å². The maximum atomic E-state index is 12.1. The number of ether oxygens (including phenoxy) is 2. The maximum Gasteiger partial charge on any atom is 0.253 e. The van der Waals surface area contributed by atoms with Gasteiger partial charge in [0, 0.05) is 17.0 Å². The normalized spacial score (nSPS) is 10.5. The number of nitrogen functional groups attached to an aromatic ring is 1. The van der Waals surface area contributed by atoms with E-state index in [1.54, 1.807) is 20.3 Å². The number of H-pyrrole nitrogens is 1. The Morgan fingerprint density at radius 2 is 2.04 bits per heavy atom. The third-order valence-corrected chi connectivity index (χ3v) is 5.14. The van der Waals surface area contributed by atoms with Crippen LogP contribution in [0.15, 0.2) is 39.6 Å². The second-order valence-corrected chi connectivity index (χ2v) is 7.24. The number of benzene rings is 1. The average molecular weight is 419 g/mol. The van der Waals surface area contributed by atoms with Crippen LogP contribution in [0.4, 0.5) is 10.9 Å². The molecule has 0 spiro atoms. The van der Waals surface area contributed by atoms with E-state index in [2.05, 4.69) is 20.3 Å². The number of nitrogens with zero attached hydrogens (tertiary/aromatic N) is 2. The van der Waals surface area contributed by atoms with Crippen molar-refractivity contribution in [3.63, 3.8) is 0 Å². The molecule has 9 nitrogen and oxygen atoms in total. The fourth-order valence-corrected chi connectivity index (χ4v) is 3.69. The van der Waals surface area contributed by atoms with Gasteiger partial charge in [-0.05, 0) is 18.2 Å². The Hall–Kier alpha value is -3.05. The molecule has 3 aromatic rings. The van der Waals surface area contributed by atoms with Gasteiger partial charge in [0.05, 0.1) is 25.7 Å². The summed E-state index contributed by atoms with van der Waals surface area (Å²) in [5, 5.41) is 5.30. The smallest absolute Gasteiger partial charge is 0.253 e. The fraction of sp³-hybridized carbons (Fsp3) is 0.176. The summed E-state index contributed by atoms with van der Waals surface area (Å²) in [5.41, 5.74) is 6.69. The van der Waals surface area contributed by atoms with Crippen molar-refractivity contribution in [2.24, 2.45) is 0 Å². The minimum atomic E-state index is -0.366. The first-order chi connectivity index (χ1) is 13.5. The second kappa shape index (κ2) is 8.76. The number of nitrogens with two attached hydrogens (primary N) is 1. The summed E-state index contributed by atoms with van der Waals surface area (Å²) in [6.45, 7) is 0. The van der Waals surface area contributed by atoms with E-state index in [4.69, 9.17) is 15.2 Å². The van der Waals surface area contributed by atoms with Crippen LogP contribution in [0, 0.1) is 0 Å². The molecule has 2 heterocycles. The van der Waals surface area contributed by atoms with Crippen molar-refractivity contribution in [3.05, 3.63) is 40.0 Å². The average Bonchev–Trinajstić information content (AvgIpc) is 3.13. The number of anilines is 2. The molecule has 0 aliphatic heterocycles. The van der Waals surface area contributed by atoms with Crippen molar-refractivity contribution >= 4 is 40.0 Å². The Morgan fingerprint density at radius 1 is 1.25 bits per heavy atom. The lowest BCUT2D eigenvalue weighted by molar-refractivity contribution is -0.113. The summed E-state index contributed by atoms with van der Waals surface area (Å²) in [7, 11) is 3.13. The molecule has 0 aliphatic carbocycles. The van der Waals surface area contributed by atoms with Gasteiger partial charge in [-0.15, -0.1) is 11.3 Å². The molecule has 1 amide bonds. The van der Waals surface area contributed by atoms with Gasteiger partial charge in [0.1, 0.15) is 5.82 Å². The number of carbonyl (C=O) groups is 1. The Balaban J connectivity index is 1.64. The number of carbonyl (C=O) groups excluding carboxylic acids is 1. The molecule has 0 unspecified atom stereocenters. The highest BCUT2D eigenvalue weighted by Gasteiger charge is 2.12. The van der Waals surface area contributed by atoms with Gasteiger partial charge in [0.2, 0.25) is 5.91 Å². The summed E-state index contributed by atoms with van der Waals surface area (Å²) in [5.74, 6) is 1.10. The summed E-state index contributed by atoms with van der Waals surface area (Å²) in [4.78, 5) is 34.4. The zero-order valence-electron chi connectivity index (χ0n) is 15.0. The molecule has 3 rings (SSSR count). The minimum Gasteiger partial charge on any atom is -0.493 e. The van der Waals surface area contributed by atoms with Gasteiger partial charge in [-0.25, -0.2) is 9.97 Å². The molecule has 0 saturated heterocycles. The molecule has 1 aromatic carbocycles. The van der Waals surface area contributed by atoms with E-state index in [0.29, 0.717) is 22.3 Å². The summed E-state index contributed by atoms with van der Waals surface area (Å²) in [6.07, 6.45) is 0. The highest BCUT2D eigenvalue weighted by atomic mass is 32.2. The van der Waals surface area contributed by atoms with Gasteiger partial charge in [-0.1, -0.05) is 11.8 Å². The first-order valence-electron chi connectivity index (χ1n) is 7.96. The molecule has 0 saturated carbocycles. The molecule has 4 N–H and O–H groups in total. The number of thiazole rings is 1. The lowest BCUT2D eigenvalue weighted by atomic mass is 10.1. The van der Waals surface area contributed by atoms with Crippen LogP contribution in [0.25, 0.3) is 11.3 Å². The minimum absolute atomic E-state index is 0.0532. The number of aromatic amines is 1. The van der Waals surface area contributed by atoms with Crippen LogP contribution in [-0.2, 0) is 4.79 Å². The molecular weight excluding hydrogens is 402 g/mol. The third-order valence-electron chi connectivity index (χ3n) is 3.51. The quantitative estimate of drug-likeness (QED) is 0.392. The number of thioether (sulfide) groups is 1. The largest absolute Gasteiger partial charge is 0.493 e. The van der Waals surface area contributed by atoms with Crippen molar-refractivity contribution < 1.29 is 14.3 Å². The van der Waals surface area contributed by atoms with E-state index in [1.165, 1.54) is 17.4 Å². The van der Waals surface area contributed by atoms with Crippen LogP contribution >= 0.6 is 23.1 Å². The molecule has 0 aliphatic rings. The van der Waals surface area contributed by atoms with Crippen molar-refractivity contribution in [2.45, 2.75) is 5.16 Å². The van der Waals surface area contributed by atoms with Crippen molar-refractivity contribution in [1.29, 1.82) is 0 Å². The van der Waals surface area contributed by atoms with Crippen LogP contribution in [0.5, 0.6) is 11.5 Å². The first kappa shape index (κ1) is 19.7. The number of amides is 1. The highest BCUT2D eigenvalue weighted by molar-refractivity contribution is 7.99. The number of aromatic nitrogens is 3. The first-order valence-corrected chi connectivity index (χ1v) is 9.82. The van der Waals surface area contributed by atoms with E-state index >= 15 is 0 Å². The summed E-state index contributed by atoms with van der Waals surface area (Å²) in [6, 6.07) is 6.65. The molecule has 146 valence electrons. The molecule has 0 fully saturated rings. The number of hydrogen-bond donors (Lipinski definition) is 3. The number of hydrogen-bond acceptors (Lipinski definition) is 9. The number of nitrogens with one attached hydrogen (secondary N) is 2. The molecule has 0 bridgehead atoms. The Bertz CT molecular complexity index is 1050. The zero-order valence-corrected chi connectivity index (χ0v) is 16.6. The predicted molar refractivity (Wildman–Crippen MR) is 109 cm³/mol. The SMILES string of the molecule is COc1ccc(-c2csc(NC(=O)CSc3nc(N)cc(=O)[nH]3)n2)cc1OC. The van der Waals surface area contributed by atoms with Gasteiger partial charge < -0.3 is 25.5 Å². The lowest BCUT2D eigenvalue weighted by Gasteiger charge is -2.08. The number of rotatable bonds is 7. The molecule has 0 atom stereocenters. The van der Waals surface area contributed by atoms with E-state index in [1.807, 2.05) is 17.5 Å². The zero-order chi connectivity index (χ0) is 20.1. The monoisotopic (exact) mass is 419 g/mol. The Morgan fingerprint density at radius 3 is 2.75 bits per heavy atom. The van der Waals surface area contributed by atoms with Crippen molar-refractivity contribution in [2.75, 3.05) is 31.0 Å². The molecule has 11 heteroatoms. The van der Waals surface area contributed by atoms with Crippen LogP contribution in [0.2, 0.25) is 0 Å². The van der Waals surface area contributed by atoms with E-state index in [0.717, 1.165) is 17.3 Å². The lowest BCUT2D eigenvalue weighted by Crippen LogP contribution is -2.15. The molecular formula is C17H17N5O4S2. The van der Waals surface area contributed by atoms with Gasteiger partial charge in [0.25, 0.3) is 5.56 Å². The molecule has 0 radical (unpaired) electrons. The summed E-state index contributed by atoms with van der Waals surface area (Å²) >= 11 is 2.38. The van der Waals surface area contributed by atoms with Gasteiger partial charge in [-0.3, -0.25) is 9.59 Å². The van der Waals surface area contributed by atoms with Crippen LogP contribution in [-0.4, -0.2) is 40.8 Å². The Kier molecular flexibility index (Phi) is 6.16. The fourth-order valence-electron chi connectivity index (χ4n) is 2.27. The van der Waals surface area contributed by atoms with Crippen molar-refractivity contribution in [3.8, 4) is 22.8 Å². The van der Waals surface area contributed by atoms with Crippen molar-refractivity contribution in [1.82, 2.24) is 15.0 Å². The molecule has 2 aromatic heterocycles. The van der Waals surface area contributed by atoms with E-state index in [-0.39, 0.29) is 28.2 Å². The van der Waals surface area contributed by atoms with Gasteiger partial charge in [0.15, 0.2) is 21.8 Å². The standard InChI is InChI=1S/C17H17N5O4S2/c1-25-11-4-3-9(5-12(11)26-2)10-7-27-16(19-10)22-15(24)8-28-17-20-13(18)6-14(23)21-17/h3-7H,8H2,1-2H3,(H,19,22,24)(H3,18,20,21,23). The maximum absolute atomic E-state index is 12.1.